The molecule has 5 rings (SSSR count). The summed E-state index contributed by atoms with van der Waals surface area (Å²) >= 11 is 7.69. The zero-order chi connectivity index (χ0) is 26.7. The van der Waals surface area contributed by atoms with Crippen LogP contribution in [0.2, 0.25) is 0 Å². The monoisotopic (exact) mass is 549 g/mol. The van der Waals surface area contributed by atoms with E-state index in [9.17, 15) is 5.11 Å². The molecule has 11 heteroatoms. The molecule has 196 valence electrons. The van der Waals surface area contributed by atoms with Gasteiger partial charge in [-0.3, -0.25) is 5.10 Å². The molecule has 1 saturated heterocycles. The van der Waals surface area contributed by atoms with E-state index in [0.717, 1.165) is 38.8 Å². The minimum atomic E-state index is 0.0759. The fraction of sp³-hybridized carbons (Fsp3) is 0.520. The maximum atomic E-state index is 10.6. The molecule has 4 aromatic rings. The van der Waals surface area contributed by atoms with E-state index in [1.54, 1.807) is 36.0 Å². The van der Waals surface area contributed by atoms with E-state index in [4.69, 9.17) is 9.97 Å². The minimum Gasteiger partial charge on any atom is -0.506 e. The number of hydrogen-bond acceptors (Lipinski definition) is 9. The molecule has 8 nitrogen and oxygen atoms in total. The lowest BCUT2D eigenvalue weighted by Crippen LogP contribution is -2.61. The Kier molecular flexibility index (Phi) is 8.97. The summed E-state index contributed by atoms with van der Waals surface area (Å²) in [5.41, 5.74) is 2.30. The number of thiazole rings is 2. The summed E-state index contributed by atoms with van der Waals surface area (Å²) in [4.78, 5) is 18.1. The van der Waals surface area contributed by atoms with Gasteiger partial charge in [0.15, 0.2) is 14.8 Å². The normalized spacial score (nSPS) is 16.6. The third-order valence-corrected chi connectivity index (χ3v) is 8.01. The van der Waals surface area contributed by atoms with Crippen LogP contribution in [0.15, 0.2) is 24.7 Å². The van der Waals surface area contributed by atoms with Crippen LogP contribution in [0.5, 0.6) is 5.75 Å². The molecule has 1 fully saturated rings. The molecule has 0 aliphatic carbocycles. The molecule has 0 aromatic carbocycles. The second-order valence-electron chi connectivity index (χ2n) is 9.77. The number of halogens is 1. The van der Waals surface area contributed by atoms with Gasteiger partial charge in [-0.15, -0.1) is 11.6 Å². The third-order valence-electron chi connectivity index (χ3n) is 5.88. The molecule has 1 aliphatic heterocycles. The van der Waals surface area contributed by atoms with Crippen molar-refractivity contribution in [2.75, 3.05) is 18.3 Å². The number of aromatic amines is 1. The molecule has 5 heterocycles. The van der Waals surface area contributed by atoms with Crippen LogP contribution in [-0.2, 0) is 0 Å². The van der Waals surface area contributed by atoms with Crippen molar-refractivity contribution in [2.24, 2.45) is 0 Å². The Morgan fingerprint density at radius 3 is 2.19 bits per heavy atom. The van der Waals surface area contributed by atoms with Crippen molar-refractivity contribution in [1.82, 2.24) is 30.5 Å². The van der Waals surface area contributed by atoms with Gasteiger partial charge >= 0.3 is 0 Å². The number of rotatable bonds is 4. The molecule has 1 aliphatic rings. The topological polar surface area (TPSA) is 103 Å². The summed E-state index contributed by atoms with van der Waals surface area (Å²) in [5, 5.41) is 22.7. The summed E-state index contributed by atoms with van der Waals surface area (Å²) in [6, 6.07) is 2.10. The van der Waals surface area contributed by atoms with Crippen LogP contribution in [0.1, 0.15) is 54.4 Å². The number of nitrogens with one attached hydrogen (secondary N) is 2. The number of aromatic nitrogens is 5. The summed E-state index contributed by atoms with van der Waals surface area (Å²) in [6.45, 7) is 13.1. The van der Waals surface area contributed by atoms with E-state index in [0.29, 0.717) is 16.7 Å². The fourth-order valence-corrected chi connectivity index (χ4v) is 6.84. The summed E-state index contributed by atoms with van der Waals surface area (Å²) in [7, 11) is 2.13. The average molecular weight is 550 g/mol. The number of H-pyrrole nitrogens is 1. The van der Waals surface area contributed by atoms with Crippen molar-refractivity contribution < 1.29 is 5.11 Å². The van der Waals surface area contributed by atoms with Crippen molar-refractivity contribution in [2.45, 2.75) is 71.5 Å². The van der Waals surface area contributed by atoms with Gasteiger partial charge in [0.25, 0.3) is 0 Å². The van der Waals surface area contributed by atoms with Crippen molar-refractivity contribution in [1.29, 1.82) is 0 Å². The summed E-state index contributed by atoms with van der Waals surface area (Å²) < 4.78 is 0. The molecule has 0 radical (unpaired) electrons. The molecular weight excluding hydrogens is 514 g/mol. The molecule has 0 amide bonds. The fourth-order valence-electron chi connectivity index (χ4n) is 4.77. The van der Waals surface area contributed by atoms with E-state index in [1.807, 2.05) is 13.8 Å². The second-order valence-corrected chi connectivity index (χ2v) is 11.7. The van der Waals surface area contributed by atoms with Crippen LogP contribution in [0.3, 0.4) is 0 Å². The SMILES string of the molecule is CC.CCl.CN(c1nc2sc(-c3ncc(-c4cn[nH]c4)cc3O)nc2s1)C1CC(C)(C)NC(C)(C)C1. The van der Waals surface area contributed by atoms with Crippen molar-refractivity contribution in [3.8, 4) is 27.6 Å². The Hall–Kier alpha value is -2.27. The Morgan fingerprint density at radius 1 is 1.00 bits per heavy atom. The largest absolute Gasteiger partial charge is 0.506 e. The molecule has 36 heavy (non-hydrogen) atoms. The second kappa shape index (κ2) is 11.4. The van der Waals surface area contributed by atoms with Gasteiger partial charge in [0.2, 0.25) is 0 Å². The van der Waals surface area contributed by atoms with E-state index in [2.05, 4.69) is 71.7 Å². The predicted molar refractivity (Wildman–Crippen MR) is 154 cm³/mol. The number of alkyl halides is 1. The predicted octanol–water partition coefficient (Wildman–Crippen LogP) is 6.54. The minimum absolute atomic E-state index is 0.0759. The van der Waals surface area contributed by atoms with Crippen molar-refractivity contribution >= 4 is 49.1 Å². The standard InChI is InChI=1S/C22H27N7OS2.C2H6.CH3Cl/c1-21(2)7-14(8-22(3,4)28-21)29(5)20-27-19-18(32-20)26-17(31-19)16-15(30)6-12(9-23-16)13-10-24-25-11-13;2*1-2/h6,9-11,14,28,30H,7-8H2,1-5H3,(H,24,25);1-2H3;1H3. The third kappa shape index (κ3) is 6.16. The molecule has 4 aromatic heterocycles. The highest BCUT2D eigenvalue weighted by Crippen LogP contribution is 2.40. The molecule has 3 N–H and O–H groups in total. The van der Waals surface area contributed by atoms with Gasteiger partial charge in [-0.05, 0) is 46.6 Å². The summed E-state index contributed by atoms with van der Waals surface area (Å²) in [5.74, 6) is 0.0987. The Bertz CT molecular complexity index is 1220. The molecule has 0 atom stereocenters. The Balaban J connectivity index is 0.000000861. The van der Waals surface area contributed by atoms with Gasteiger partial charge in [-0.25, -0.2) is 15.0 Å². The number of aromatic hydroxyl groups is 1. The summed E-state index contributed by atoms with van der Waals surface area (Å²) in [6.07, 6.45) is 8.77. The van der Waals surface area contributed by atoms with Gasteiger partial charge in [0, 0.05) is 54.1 Å². The van der Waals surface area contributed by atoms with E-state index >= 15 is 0 Å². The average Bonchev–Trinajstić information content (AvgIpc) is 3.56. The highest BCUT2D eigenvalue weighted by molar-refractivity contribution is 7.29. The van der Waals surface area contributed by atoms with Crippen LogP contribution < -0.4 is 10.2 Å². The van der Waals surface area contributed by atoms with E-state index < -0.39 is 0 Å². The lowest BCUT2D eigenvalue weighted by atomic mass is 9.79. The van der Waals surface area contributed by atoms with Crippen LogP contribution in [0.4, 0.5) is 5.13 Å². The Morgan fingerprint density at radius 2 is 1.64 bits per heavy atom. The van der Waals surface area contributed by atoms with Gasteiger partial charge in [0.1, 0.15) is 16.5 Å². The first kappa shape index (κ1) is 28.3. The van der Waals surface area contributed by atoms with Gasteiger partial charge in [-0.1, -0.05) is 36.5 Å². The van der Waals surface area contributed by atoms with E-state index in [1.165, 1.54) is 17.7 Å². The number of pyridine rings is 1. The number of piperidine rings is 1. The quantitative estimate of drug-likeness (QED) is 0.248. The molecule has 0 saturated carbocycles. The molecular formula is C25H36ClN7OS2. The van der Waals surface area contributed by atoms with Crippen LogP contribution >= 0.6 is 34.3 Å². The van der Waals surface area contributed by atoms with Crippen molar-refractivity contribution in [3.05, 3.63) is 24.7 Å². The smallest absolute Gasteiger partial charge is 0.188 e. The van der Waals surface area contributed by atoms with Gasteiger partial charge in [0.05, 0.1) is 6.20 Å². The number of anilines is 1. The molecule has 0 bridgehead atoms. The van der Waals surface area contributed by atoms with Crippen LogP contribution in [0, 0.1) is 0 Å². The first-order valence-electron chi connectivity index (χ1n) is 12.0. The molecule has 0 unspecified atom stereocenters. The lowest BCUT2D eigenvalue weighted by Gasteiger charge is -2.48. The maximum absolute atomic E-state index is 10.6. The highest BCUT2D eigenvalue weighted by atomic mass is 35.5. The van der Waals surface area contributed by atoms with Crippen LogP contribution in [0.25, 0.3) is 31.5 Å². The first-order chi connectivity index (χ1) is 17.1. The zero-order valence-corrected chi connectivity index (χ0v) is 24.6. The maximum Gasteiger partial charge on any atom is 0.188 e. The van der Waals surface area contributed by atoms with E-state index in [-0.39, 0.29) is 16.8 Å². The number of hydrogen-bond donors (Lipinski definition) is 3. The highest BCUT2D eigenvalue weighted by Gasteiger charge is 2.39. The Labute approximate surface area is 226 Å². The number of nitrogens with zero attached hydrogens (tertiary/aromatic N) is 5. The van der Waals surface area contributed by atoms with Gasteiger partial charge < -0.3 is 15.3 Å². The van der Waals surface area contributed by atoms with Crippen LogP contribution in [-0.4, -0.2) is 60.8 Å². The van der Waals surface area contributed by atoms with Gasteiger partial charge in [-0.2, -0.15) is 5.10 Å². The van der Waals surface area contributed by atoms with Crippen molar-refractivity contribution in [3.63, 3.8) is 0 Å². The number of fused-ring (bicyclic) bond motifs is 1. The lowest BCUT2D eigenvalue weighted by molar-refractivity contribution is 0.161. The first-order valence-corrected chi connectivity index (χ1v) is 14.3. The molecule has 0 spiro atoms. The zero-order valence-electron chi connectivity index (χ0n) is 22.2.